The molecule has 6 heteroatoms. The normalized spacial score (nSPS) is 11.2. The van der Waals surface area contributed by atoms with E-state index in [2.05, 4.69) is 0 Å². The summed E-state index contributed by atoms with van der Waals surface area (Å²) in [7, 11) is 0. The van der Waals surface area contributed by atoms with Crippen LogP contribution in [-0.4, -0.2) is 11.2 Å². The van der Waals surface area contributed by atoms with E-state index in [4.69, 9.17) is 0 Å². The van der Waals surface area contributed by atoms with Crippen molar-refractivity contribution in [2.75, 3.05) is 0 Å². The minimum absolute atomic E-state index is 0.147. The molecule has 0 amide bonds. The Labute approximate surface area is 90.0 Å². The van der Waals surface area contributed by atoms with Crippen LogP contribution in [0.3, 0.4) is 0 Å². The Bertz CT molecular complexity index is 458. The third-order valence-corrected chi connectivity index (χ3v) is 2.22. The highest BCUT2D eigenvalue weighted by molar-refractivity contribution is 5.70. The number of nitrogens with zero attached hydrogens (tertiary/aromatic N) is 1. The molecule has 0 aliphatic rings. The van der Waals surface area contributed by atoms with Gasteiger partial charge in [0.25, 0.3) is 5.69 Å². The number of hydrogen-bond donors (Lipinski definition) is 0. The lowest BCUT2D eigenvalue weighted by Gasteiger charge is -2.17. The SMILES string of the molecule is CC(C)(C=O)c1cc(F)c(F)cc1[N+](=O)[O-]. The van der Waals surface area contributed by atoms with Crippen LogP contribution in [0.15, 0.2) is 12.1 Å². The van der Waals surface area contributed by atoms with Gasteiger partial charge in [-0.15, -0.1) is 0 Å². The van der Waals surface area contributed by atoms with E-state index in [0.717, 1.165) is 0 Å². The Morgan fingerprint density at radius 1 is 1.31 bits per heavy atom. The smallest absolute Gasteiger partial charge is 0.276 e. The van der Waals surface area contributed by atoms with E-state index in [-0.39, 0.29) is 5.56 Å². The fourth-order valence-corrected chi connectivity index (χ4v) is 1.27. The molecule has 0 saturated heterocycles. The molecule has 0 bridgehead atoms. The highest BCUT2D eigenvalue weighted by Gasteiger charge is 2.30. The summed E-state index contributed by atoms with van der Waals surface area (Å²) in [6.07, 6.45) is 0.451. The lowest BCUT2D eigenvalue weighted by atomic mass is 9.85. The number of carbonyl (C=O) groups excluding carboxylic acids is 1. The fourth-order valence-electron chi connectivity index (χ4n) is 1.27. The van der Waals surface area contributed by atoms with Gasteiger partial charge in [-0.05, 0) is 19.9 Å². The van der Waals surface area contributed by atoms with Crippen LogP contribution in [0, 0.1) is 21.7 Å². The van der Waals surface area contributed by atoms with Gasteiger partial charge >= 0.3 is 0 Å². The molecule has 0 unspecified atom stereocenters. The zero-order valence-electron chi connectivity index (χ0n) is 8.66. The minimum Gasteiger partial charge on any atom is -0.302 e. The number of benzene rings is 1. The Hall–Kier alpha value is -1.85. The van der Waals surface area contributed by atoms with E-state index in [1.54, 1.807) is 0 Å². The molecule has 16 heavy (non-hydrogen) atoms. The quantitative estimate of drug-likeness (QED) is 0.454. The summed E-state index contributed by atoms with van der Waals surface area (Å²) in [6, 6.07) is 1.16. The maximum atomic E-state index is 13.0. The van der Waals surface area contributed by atoms with Crippen LogP contribution >= 0.6 is 0 Å². The molecule has 0 aliphatic carbocycles. The summed E-state index contributed by atoms with van der Waals surface area (Å²) < 4.78 is 25.8. The number of rotatable bonds is 3. The molecule has 4 nitrogen and oxygen atoms in total. The first-order valence-corrected chi connectivity index (χ1v) is 4.40. The third-order valence-electron chi connectivity index (χ3n) is 2.22. The van der Waals surface area contributed by atoms with Crippen molar-refractivity contribution in [3.63, 3.8) is 0 Å². The molecule has 0 radical (unpaired) electrons. The fraction of sp³-hybridized carbons (Fsp3) is 0.300. The van der Waals surface area contributed by atoms with Gasteiger partial charge in [0.15, 0.2) is 11.6 Å². The van der Waals surface area contributed by atoms with Crippen LogP contribution in [-0.2, 0) is 10.2 Å². The van der Waals surface area contributed by atoms with Gasteiger partial charge in [0.1, 0.15) is 6.29 Å². The first-order valence-electron chi connectivity index (χ1n) is 4.40. The Balaban J connectivity index is 3.54. The standard InChI is InChI=1S/C10H9F2NO3/c1-10(2,5-14)6-3-7(11)8(12)4-9(6)13(15)16/h3-5H,1-2H3. The molecule has 0 aliphatic heterocycles. The van der Waals surface area contributed by atoms with Gasteiger partial charge in [-0.3, -0.25) is 10.1 Å². The van der Waals surface area contributed by atoms with Gasteiger partial charge < -0.3 is 4.79 Å². The average molecular weight is 229 g/mol. The van der Waals surface area contributed by atoms with Crippen molar-refractivity contribution in [3.8, 4) is 0 Å². The largest absolute Gasteiger partial charge is 0.302 e. The molecule has 1 aromatic carbocycles. The van der Waals surface area contributed by atoms with Crippen LogP contribution in [0.5, 0.6) is 0 Å². The first-order chi connectivity index (χ1) is 7.29. The summed E-state index contributed by atoms with van der Waals surface area (Å²) in [5, 5.41) is 10.6. The van der Waals surface area contributed by atoms with Gasteiger partial charge in [0.05, 0.1) is 16.4 Å². The molecule has 0 fully saturated rings. The highest BCUT2D eigenvalue weighted by Crippen LogP contribution is 2.31. The lowest BCUT2D eigenvalue weighted by Crippen LogP contribution is -2.21. The second kappa shape index (κ2) is 3.96. The van der Waals surface area contributed by atoms with Crippen molar-refractivity contribution < 1.29 is 18.5 Å². The number of halogens is 2. The van der Waals surface area contributed by atoms with E-state index in [1.165, 1.54) is 13.8 Å². The van der Waals surface area contributed by atoms with Crippen molar-refractivity contribution in [3.05, 3.63) is 39.4 Å². The molecular formula is C10H9F2NO3. The molecule has 0 saturated carbocycles. The molecule has 0 spiro atoms. The summed E-state index contributed by atoms with van der Waals surface area (Å²) >= 11 is 0. The van der Waals surface area contributed by atoms with Gasteiger partial charge in [0.2, 0.25) is 0 Å². The number of carbonyl (C=O) groups is 1. The van der Waals surface area contributed by atoms with Gasteiger partial charge in [-0.25, -0.2) is 8.78 Å². The van der Waals surface area contributed by atoms with Crippen molar-refractivity contribution in [2.24, 2.45) is 0 Å². The summed E-state index contributed by atoms with van der Waals surface area (Å²) in [5.74, 6) is -2.52. The summed E-state index contributed by atoms with van der Waals surface area (Å²) in [5.41, 5.74) is -1.99. The molecule has 1 rings (SSSR count). The van der Waals surface area contributed by atoms with E-state index in [9.17, 15) is 23.7 Å². The molecular weight excluding hydrogens is 220 g/mol. The monoisotopic (exact) mass is 229 g/mol. The van der Waals surface area contributed by atoms with Crippen molar-refractivity contribution in [1.82, 2.24) is 0 Å². The van der Waals surface area contributed by atoms with Crippen molar-refractivity contribution in [2.45, 2.75) is 19.3 Å². The highest BCUT2D eigenvalue weighted by atomic mass is 19.2. The van der Waals surface area contributed by atoms with Crippen molar-refractivity contribution >= 4 is 12.0 Å². The lowest BCUT2D eigenvalue weighted by molar-refractivity contribution is -0.386. The maximum Gasteiger partial charge on any atom is 0.276 e. The van der Waals surface area contributed by atoms with E-state index in [1.807, 2.05) is 0 Å². The molecule has 1 aromatic rings. The number of hydrogen-bond acceptors (Lipinski definition) is 3. The van der Waals surface area contributed by atoms with Crippen molar-refractivity contribution in [1.29, 1.82) is 0 Å². The second-order valence-corrected chi connectivity index (χ2v) is 3.88. The number of aldehydes is 1. The Morgan fingerprint density at radius 3 is 2.25 bits per heavy atom. The van der Waals surface area contributed by atoms with Crippen LogP contribution in [0.2, 0.25) is 0 Å². The zero-order chi connectivity index (χ0) is 12.5. The van der Waals surface area contributed by atoms with E-state index >= 15 is 0 Å². The predicted molar refractivity (Wildman–Crippen MR) is 52.1 cm³/mol. The van der Waals surface area contributed by atoms with Crippen LogP contribution in [0.25, 0.3) is 0 Å². The maximum absolute atomic E-state index is 13.0. The zero-order valence-corrected chi connectivity index (χ0v) is 8.66. The predicted octanol–water partition coefficient (Wildman–Crippen LogP) is 2.35. The second-order valence-electron chi connectivity index (χ2n) is 3.88. The molecule has 0 aromatic heterocycles. The van der Waals surface area contributed by atoms with Gasteiger partial charge in [-0.2, -0.15) is 0 Å². The van der Waals surface area contributed by atoms with Crippen LogP contribution in [0.4, 0.5) is 14.5 Å². The Morgan fingerprint density at radius 2 is 1.81 bits per heavy atom. The molecule has 0 N–H and O–H groups in total. The van der Waals surface area contributed by atoms with Crippen LogP contribution in [0.1, 0.15) is 19.4 Å². The minimum atomic E-state index is -1.31. The number of nitro benzene ring substituents is 1. The Kier molecular flexibility index (Phi) is 3.02. The number of nitro groups is 1. The molecule has 86 valence electrons. The van der Waals surface area contributed by atoms with Gasteiger partial charge in [-0.1, -0.05) is 0 Å². The first kappa shape index (κ1) is 12.2. The molecule has 0 atom stereocenters. The molecule has 0 heterocycles. The van der Waals surface area contributed by atoms with Gasteiger partial charge in [0, 0.05) is 5.56 Å². The third kappa shape index (κ3) is 2.05. The van der Waals surface area contributed by atoms with E-state index in [0.29, 0.717) is 18.4 Å². The average Bonchev–Trinajstić information content (AvgIpc) is 2.21. The van der Waals surface area contributed by atoms with Crippen LogP contribution < -0.4 is 0 Å². The summed E-state index contributed by atoms with van der Waals surface area (Å²) in [4.78, 5) is 20.6. The topological polar surface area (TPSA) is 60.2 Å². The van der Waals surface area contributed by atoms with E-state index < -0.39 is 27.7 Å². The summed E-state index contributed by atoms with van der Waals surface area (Å²) in [6.45, 7) is 2.78.